The van der Waals surface area contributed by atoms with Crippen LogP contribution in [-0.2, 0) is 0 Å². The van der Waals surface area contributed by atoms with Crippen LogP contribution >= 0.6 is 27.3 Å². The van der Waals surface area contributed by atoms with Gasteiger partial charge in [-0.15, -0.1) is 11.3 Å². The van der Waals surface area contributed by atoms with Crippen LogP contribution in [0.4, 0.5) is 5.82 Å². The number of fused-ring (bicyclic) bond motifs is 1. The van der Waals surface area contributed by atoms with Crippen molar-refractivity contribution in [1.29, 1.82) is 0 Å². The summed E-state index contributed by atoms with van der Waals surface area (Å²) in [7, 11) is 0. The van der Waals surface area contributed by atoms with Gasteiger partial charge in [0.15, 0.2) is 5.82 Å². The average Bonchev–Trinajstić information content (AvgIpc) is 2.80. The highest BCUT2D eigenvalue weighted by molar-refractivity contribution is 9.10. The van der Waals surface area contributed by atoms with E-state index in [1.54, 1.807) is 17.7 Å². The van der Waals surface area contributed by atoms with Gasteiger partial charge in [-0.05, 0) is 44.0 Å². The Morgan fingerprint density at radius 3 is 2.86 bits per heavy atom. The first-order valence-corrected chi connectivity index (χ1v) is 8.44. The number of nitrogens with one attached hydrogen (secondary N) is 1. The molecular formula is C16H15BrN4S. The molecule has 0 radical (unpaired) electrons. The van der Waals surface area contributed by atoms with E-state index in [0.29, 0.717) is 0 Å². The highest BCUT2D eigenvalue weighted by Gasteiger charge is 2.11. The van der Waals surface area contributed by atoms with E-state index in [-0.39, 0.29) is 0 Å². The molecule has 0 amide bonds. The van der Waals surface area contributed by atoms with Gasteiger partial charge in [0.2, 0.25) is 0 Å². The van der Waals surface area contributed by atoms with Crippen LogP contribution in [0.15, 0.2) is 40.2 Å². The lowest BCUT2D eigenvalue weighted by Gasteiger charge is -2.05. The third-order valence-electron chi connectivity index (χ3n) is 3.54. The molecule has 6 heteroatoms. The molecule has 0 aliphatic rings. The van der Waals surface area contributed by atoms with Crippen molar-refractivity contribution in [1.82, 2.24) is 9.97 Å². The lowest BCUT2D eigenvalue weighted by Crippen LogP contribution is -2.01. The minimum atomic E-state index is 0.751. The Morgan fingerprint density at radius 1 is 1.27 bits per heavy atom. The smallest absolute Gasteiger partial charge is 0.158 e. The molecule has 0 fully saturated rings. The van der Waals surface area contributed by atoms with E-state index < -0.39 is 0 Å². The molecule has 0 saturated heterocycles. The summed E-state index contributed by atoms with van der Waals surface area (Å²) in [6.07, 6.45) is 1.57. The van der Waals surface area contributed by atoms with Gasteiger partial charge in [-0.2, -0.15) is 5.10 Å². The lowest BCUT2D eigenvalue weighted by atomic mass is 10.1. The van der Waals surface area contributed by atoms with Crippen LogP contribution in [-0.4, -0.2) is 15.7 Å². The number of aromatic nitrogens is 2. The molecular weight excluding hydrogens is 360 g/mol. The summed E-state index contributed by atoms with van der Waals surface area (Å²) in [6, 6.07) is 8.06. The molecule has 0 saturated carbocycles. The molecule has 2 heterocycles. The molecule has 0 bridgehead atoms. The van der Waals surface area contributed by atoms with Gasteiger partial charge in [-0.25, -0.2) is 9.97 Å². The maximum absolute atomic E-state index is 4.47. The summed E-state index contributed by atoms with van der Waals surface area (Å²) < 4.78 is 1.04. The van der Waals surface area contributed by atoms with Crippen LogP contribution in [0.1, 0.15) is 22.9 Å². The molecule has 112 valence electrons. The van der Waals surface area contributed by atoms with Crippen molar-refractivity contribution in [2.45, 2.75) is 20.8 Å². The highest BCUT2D eigenvalue weighted by atomic mass is 79.9. The summed E-state index contributed by atoms with van der Waals surface area (Å²) in [5, 5.41) is 5.52. The summed E-state index contributed by atoms with van der Waals surface area (Å²) in [6.45, 7) is 6.16. The van der Waals surface area contributed by atoms with Crippen LogP contribution in [0.25, 0.3) is 10.2 Å². The van der Waals surface area contributed by atoms with Crippen molar-refractivity contribution < 1.29 is 0 Å². The topological polar surface area (TPSA) is 50.2 Å². The molecule has 4 nitrogen and oxygen atoms in total. The number of halogens is 1. The molecule has 2 aromatic heterocycles. The zero-order valence-electron chi connectivity index (χ0n) is 12.5. The van der Waals surface area contributed by atoms with Crippen molar-refractivity contribution >= 4 is 49.0 Å². The summed E-state index contributed by atoms with van der Waals surface area (Å²) in [4.78, 5) is 10.9. The number of hydrogen-bond acceptors (Lipinski definition) is 5. The second-order valence-corrected chi connectivity index (χ2v) is 7.12. The molecule has 0 aliphatic carbocycles. The Balaban J connectivity index is 1.95. The fourth-order valence-corrected chi connectivity index (χ4v) is 3.58. The van der Waals surface area contributed by atoms with Gasteiger partial charge in [-0.1, -0.05) is 28.1 Å². The third kappa shape index (κ3) is 2.89. The quantitative estimate of drug-likeness (QED) is 0.523. The number of rotatable bonds is 3. The molecule has 3 rings (SSSR count). The first kappa shape index (κ1) is 15.1. The largest absolute Gasteiger partial charge is 0.260 e. The summed E-state index contributed by atoms with van der Waals surface area (Å²) in [5.41, 5.74) is 6.26. The van der Waals surface area contributed by atoms with Crippen LogP contribution in [0.2, 0.25) is 0 Å². The SMILES string of the molecule is C/C(=N/Nc1ncnc2sc(C)c(C)c12)c1cccc(Br)c1. The predicted molar refractivity (Wildman–Crippen MR) is 96.9 cm³/mol. The minimum Gasteiger partial charge on any atom is -0.260 e. The van der Waals surface area contributed by atoms with Gasteiger partial charge in [0, 0.05) is 9.35 Å². The zero-order valence-corrected chi connectivity index (χ0v) is 14.9. The van der Waals surface area contributed by atoms with Crippen LogP contribution in [0, 0.1) is 13.8 Å². The van der Waals surface area contributed by atoms with E-state index in [1.165, 1.54) is 10.4 Å². The molecule has 0 unspecified atom stereocenters. The first-order valence-electron chi connectivity index (χ1n) is 6.83. The van der Waals surface area contributed by atoms with Crippen LogP contribution in [0.5, 0.6) is 0 Å². The van der Waals surface area contributed by atoms with Gasteiger partial charge >= 0.3 is 0 Å². The van der Waals surface area contributed by atoms with Crippen LogP contribution < -0.4 is 5.43 Å². The second-order valence-electron chi connectivity index (χ2n) is 5.01. The van der Waals surface area contributed by atoms with Crippen molar-refractivity contribution in [3.63, 3.8) is 0 Å². The van der Waals surface area contributed by atoms with E-state index in [1.807, 2.05) is 31.2 Å². The maximum atomic E-state index is 4.47. The summed E-state index contributed by atoms with van der Waals surface area (Å²) in [5.74, 6) is 0.751. The average molecular weight is 375 g/mol. The van der Waals surface area contributed by atoms with E-state index in [4.69, 9.17) is 0 Å². The molecule has 3 aromatic rings. The van der Waals surface area contributed by atoms with Gasteiger partial charge in [-0.3, -0.25) is 5.43 Å². The number of aryl methyl sites for hydroxylation is 2. The number of nitrogens with zero attached hydrogens (tertiary/aromatic N) is 3. The maximum Gasteiger partial charge on any atom is 0.158 e. The fraction of sp³-hybridized carbons (Fsp3) is 0.188. The molecule has 1 aromatic carbocycles. The van der Waals surface area contributed by atoms with Crippen molar-refractivity contribution in [2.24, 2.45) is 5.10 Å². The molecule has 0 atom stereocenters. The normalized spacial score (nSPS) is 11.9. The van der Waals surface area contributed by atoms with Crippen LogP contribution in [0.3, 0.4) is 0 Å². The Morgan fingerprint density at radius 2 is 2.09 bits per heavy atom. The number of thiophene rings is 1. The van der Waals surface area contributed by atoms with Gasteiger partial charge in [0.25, 0.3) is 0 Å². The Bertz CT molecular complexity index is 870. The fourth-order valence-electron chi connectivity index (χ4n) is 2.18. The Labute approximate surface area is 141 Å². The van der Waals surface area contributed by atoms with Gasteiger partial charge < -0.3 is 0 Å². The lowest BCUT2D eigenvalue weighted by molar-refractivity contribution is 1.18. The number of anilines is 1. The molecule has 0 spiro atoms. The second kappa shape index (κ2) is 6.14. The molecule has 22 heavy (non-hydrogen) atoms. The highest BCUT2D eigenvalue weighted by Crippen LogP contribution is 2.32. The van der Waals surface area contributed by atoms with Gasteiger partial charge in [0.1, 0.15) is 11.2 Å². The van der Waals surface area contributed by atoms with Crippen molar-refractivity contribution in [2.75, 3.05) is 5.43 Å². The third-order valence-corrected chi connectivity index (χ3v) is 5.15. The zero-order chi connectivity index (χ0) is 15.7. The standard InChI is InChI=1S/C16H15BrN4S/c1-9-11(3)22-16-14(9)15(18-8-19-16)21-20-10(2)12-5-4-6-13(17)7-12/h4-8H,1-3H3,(H,18,19,21)/b20-10-. The molecule has 0 aliphatic heterocycles. The number of hydrazone groups is 1. The van der Waals surface area contributed by atoms with E-state index in [0.717, 1.165) is 31.8 Å². The van der Waals surface area contributed by atoms with Crippen molar-refractivity contribution in [3.8, 4) is 0 Å². The molecule has 1 N–H and O–H groups in total. The first-order chi connectivity index (χ1) is 10.6. The Kier molecular flexibility index (Phi) is 4.22. The Hall–Kier alpha value is -1.79. The van der Waals surface area contributed by atoms with Crippen molar-refractivity contribution in [3.05, 3.63) is 51.1 Å². The monoisotopic (exact) mass is 374 g/mol. The van der Waals surface area contributed by atoms with E-state index >= 15 is 0 Å². The van der Waals surface area contributed by atoms with Gasteiger partial charge in [0.05, 0.1) is 11.1 Å². The summed E-state index contributed by atoms with van der Waals surface area (Å²) >= 11 is 5.16. The number of hydrogen-bond donors (Lipinski definition) is 1. The number of benzene rings is 1. The van der Waals surface area contributed by atoms with E-state index in [9.17, 15) is 0 Å². The van der Waals surface area contributed by atoms with E-state index in [2.05, 4.69) is 50.3 Å². The minimum absolute atomic E-state index is 0.751. The predicted octanol–water partition coefficient (Wildman–Crippen LogP) is 4.91.